The number of likely N-dealkylation sites (N-methyl/N-ethyl adjacent to an activating group) is 1. The van der Waals surface area contributed by atoms with Gasteiger partial charge in [-0.05, 0) is 12.1 Å². The summed E-state index contributed by atoms with van der Waals surface area (Å²) in [7, 11) is 4.61. The molecule has 1 aliphatic rings. The highest BCUT2D eigenvalue weighted by Crippen LogP contribution is 2.14. The Morgan fingerprint density at radius 3 is 2.69 bits per heavy atom. The zero-order valence-electron chi connectivity index (χ0n) is 10.1. The van der Waals surface area contributed by atoms with Crippen LogP contribution < -0.4 is 4.90 Å². The Labute approximate surface area is 115 Å². The minimum Gasteiger partial charge on any atom is -0.351 e. The van der Waals surface area contributed by atoms with E-state index in [0.717, 1.165) is 23.4 Å². The van der Waals surface area contributed by atoms with Gasteiger partial charge in [-0.15, -0.1) is 24.0 Å². The lowest BCUT2D eigenvalue weighted by atomic mass is 10.3. The molecule has 0 aromatic carbocycles. The molecule has 0 bridgehead atoms. The van der Waals surface area contributed by atoms with Crippen LogP contribution in [0.15, 0.2) is 24.4 Å². The van der Waals surface area contributed by atoms with Gasteiger partial charge in [-0.2, -0.15) is 0 Å². The van der Waals surface area contributed by atoms with Crippen molar-refractivity contribution in [3.05, 3.63) is 24.4 Å². The van der Waals surface area contributed by atoms with E-state index < -0.39 is 0 Å². The van der Waals surface area contributed by atoms with Gasteiger partial charge in [0.1, 0.15) is 5.82 Å². The van der Waals surface area contributed by atoms with Crippen LogP contribution in [0.2, 0.25) is 0 Å². The summed E-state index contributed by atoms with van der Waals surface area (Å²) < 4.78 is 1.13. The normalized spacial score (nSPS) is 19.8. The third kappa shape index (κ3) is 3.59. The van der Waals surface area contributed by atoms with Gasteiger partial charge >= 0.3 is 0 Å². The molecule has 0 atom stereocenters. The summed E-state index contributed by atoms with van der Waals surface area (Å²) in [5.74, 6) is 1.12. The summed E-state index contributed by atoms with van der Waals surface area (Å²) in [5, 5.41) is 0. The SMILES string of the molecule is C[N+]1(C)CCCN(c2ccccn2)CC1.I. The summed E-state index contributed by atoms with van der Waals surface area (Å²) in [5.41, 5.74) is 0. The Balaban J connectivity index is 0.00000128. The minimum absolute atomic E-state index is 0. The highest BCUT2D eigenvalue weighted by Gasteiger charge is 2.21. The maximum atomic E-state index is 4.41. The Morgan fingerprint density at radius 2 is 2.00 bits per heavy atom. The summed E-state index contributed by atoms with van der Waals surface area (Å²) in [4.78, 5) is 6.81. The second kappa shape index (κ2) is 5.82. The van der Waals surface area contributed by atoms with Crippen molar-refractivity contribution >= 4 is 29.8 Å². The molecule has 1 aromatic rings. The van der Waals surface area contributed by atoms with Crippen molar-refractivity contribution in [2.45, 2.75) is 6.42 Å². The molecule has 0 saturated carbocycles. The number of rotatable bonds is 1. The van der Waals surface area contributed by atoms with Crippen LogP contribution in [-0.2, 0) is 0 Å². The molecule has 4 heteroatoms. The third-order valence-electron chi connectivity index (χ3n) is 3.14. The molecule has 2 heterocycles. The van der Waals surface area contributed by atoms with Crippen LogP contribution >= 0.6 is 24.0 Å². The van der Waals surface area contributed by atoms with Crippen molar-refractivity contribution in [1.29, 1.82) is 0 Å². The lowest BCUT2D eigenvalue weighted by molar-refractivity contribution is -0.887. The monoisotopic (exact) mass is 334 g/mol. The first-order valence-corrected chi connectivity index (χ1v) is 5.65. The molecule has 1 aromatic heterocycles. The maximum absolute atomic E-state index is 4.41. The van der Waals surface area contributed by atoms with Crippen LogP contribution in [0.5, 0.6) is 0 Å². The largest absolute Gasteiger partial charge is 0.351 e. The van der Waals surface area contributed by atoms with E-state index in [9.17, 15) is 0 Å². The van der Waals surface area contributed by atoms with Crippen molar-refractivity contribution < 1.29 is 4.48 Å². The average molecular weight is 334 g/mol. The first-order chi connectivity index (χ1) is 7.17. The van der Waals surface area contributed by atoms with Crippen molar-refractivity contribution in [2.75, 3.05) is 45.2 Å². The van der Waals surface area contributed by atoms with Crippen molar-refractivity contribution in [3.8, 4) is 0 Å². The summed E-state index contributed by atoms with van der Waals surface area (Å²) in [6, 6.07) is 6.14. The van der Waals surface area contributed by atoms with Gasteiger partial charge in [0.05, 0.1) is 33.7 Å². The molecule has 3 nitrogen and oxygen atoms in total. The van der Waals surface area contributed by atoms with Gasteiger partial charge in [0.2, 0.25) is 0 Å². The Morgan fingerprint density at radius 1 is 1.19 bits per heavy atom. The van der Waals surface area contributed by atoms with Gasteiger partial charge in [0, 0.05) is 19.2 Å². The van der Waals surface area contributed by atoms with E-state index in [1.165, 1.54) is 19.5 Å². The van der Waals surface area contributed by atoms with E-state index in [1.807, 2.05) is 12.3 Å². The van der Waals surface area contributed by atoms with Crippen molar-refractivity contribution in [1.82, 2.24) is 4.98 Å². The van der Waals surface area contributed by atoms with Crippen molar-refractivity contribution in [3.63, 3.8) is 0 Å². The number of anilines is 1. The molecule has 1 aliphatic heterocycles. The first-order valence-electron chi connectivity index (χ1n) is 5.65. The smallest absolute Gasteiger partial charge is 0.128 e. The molecule has 1 saturated heterocycles. The number of pyridine rings is 1. The molecular formula is C12H21IN3+. The van der Waals surface area contributed by atoms with E-state index in [-0.39, 0.29) is 24.0 Å². The second-order valence-corrected chi connectivity index (χ2v) is 4.91. The molecule has 90 valence electrons. The fraction of sp³-hybridized carbons (Fsp3) is 0.583. The maximum Gasteiger partial charge on any atom is 0.128 e. The van der Waals surface area contributed by atoms with Gasteiger partial charge in [-0.3, -0.25) is 0 Å². The minimum atomic E-state index is 0. The highest BCUT2D eigenvalue weighted by molar-refractivity contribution is 14.0. The van der Waals surface area contributed by atoms with Gasteiger partial charge < -0.3 is 9.38 Å². The molecule has 2 rings (SSSR count). The lowest BCUT2D eigenvalue weighted by Crippen LogP contribution is -2.42. The lowest BCUT2D eigenvalue weighted by Gasteiger charge is -2.28. The molecular weight excluding hydrogens is 313 g/mol. The highest BCUT2D eigenvalue weighted by atomic mass is 127. The molecule has 16 heavy (non-hydrogen) atoms. The number of quaternary nitrogens is 1. The van der Waals surface area contributed by atoms with Crippen LogP contribution in [0.3, 0.4) is 0 Å². The number of halogens is 1. The standard InChI is InChI=1S/C12H20N3.HI/c1-15(2)10-5-8-14(9-11-15)12-6-3-4-7-13-12;/h3-4,6-7H,5,8-11H2,1-2H3;1H/q+1;. The van der Waals surface area contributed by atoms with E-state index in [4.69, 9.17) is 0 Å². The van der Waals surface area contributed by atoms with E-state index >= 15 is 0 Å². The second-order valence-electron chi connectivity index (χ2n) is 4.91. The number of nitrogens with zero attached hydrogens (tertiary/aromatic N) is 3. The van der Waals surface area contributed by atoms with Crippen LogP contribution in [0.4, 0.5) is 5.82 Å². The summed E-state index contributed by atoms with van der Waals surface area (Å²) >= 11 is 0. The molecule has 1 fully saturated rings. The molecule has 0 aliphatic carbocycles. The van der Waals surface area contributed by atoms with Crippen LogP contribution in [0.1, 0.15) is 6.42 Å². The van der Waals surface area contributed by atoms with Gasteiger partial charge in [0.25, 0.3) is 0 Å². The van der Waals surface area contributed by atoms with Gasteiger partial charge in [0.15, 0.2) is 0 Å². The Hall–Kier alpha value is -0.360. The van der Waals surface area contributed by atoms with Crippen LogP contribution in [0, 0.1) is 0 Å². The average Bonchev–Trinajstić information content (AvgIpc) is 2.41. The van der Waals surface area contributed by atoms with Gasteiger partial charge in [-0.1, -0.05) is 6.07 Å². The zero-order chi connectivity index (χ0) is 10.7. The van der Waals surface area contributed by atoms with Crippen LogP contribution in [0.25, 0.3) is 0 Å². The number of aromatic nitrogens is 1. The molecule has 0 radical (unpaired) electrons. The van der Waals surface area contributed by atoms with Crippen molar-refractivity contribution in [2.24, 2.45) is 0 Å². The van der Waals surface area contributed by atoms with Gasteiger partial charge in [-0.25, -0.2) is 4.98 Å². The summed E-state index contributed by atoms with van der Waals surface area (Å²) in [6.07, 6.45) is 3.13. The topological polar surface area (TPSA) is 16.1 Å². The summed E-state index contributed by atoms with van der Waals surface area (Å²) in [6.45, 7) is 4.72. The number of hydrogen-bond acceptors (Lipinski definition) is 2. The molecule has 0 amide bonds. The quantitative estimate of drug-likeness (QED) is 0.577. The molecule has 0 N–H and O–H groups in total. The molecule has 0 spiro atoms. The van der Waals surface area contributed by atoms with E-state index in [0.29, 0.717) is 0 Å². The van der Waals surface area contributed by atoms with Crippen LogP contribution in [-0.4, -0.2) is 49.7 Å². The fourth-order valence-electron chi connectivity index (χ4n) is 2.07. The van der Waals surface area contributed by atoms with E-state index in [1.54, 1.807) is 0 Å². The third-order valence-corrected chi connectivity index (χ3v) is 3.14. The number of hydrogen-bond donors (Lipinski definition) is 0. The predicted octanol–water partition coefficient (Wildman–Crippen LogP) is 1.99. The first kappa shape index (κ1) is 13.7. The fourth-order valence-corrected chi connectivity index (χ4v) is 2.07. The zero-order valence-corrected chi connectivity index (χ0v) is 12.4. The Bertz CT molecular complexity index is 313. The predicted molar refractivity (Wildman–Crippen MR) is 78.3 cm³/mol. The molecule has 0 unspecified atom stereocenters. The Kier molecular flexibility index (Phi) is 4.98. The van der Waals surface area contributed by atoms with E-state index in [2.05, 4.69) is 36.1 Å².